The van der Waals surface area contributed by atoms with Crippen molar-refractivity contribution in [3.63, 3.8) is 0 Å². The number of nitro benzene ring substituents is 1. The number of nitro groups is 1. The SMILES string of the molecule is CCOc1cc(/C=C(/C#N)C(=O)NCCc2c[nH]c3ccccc23)ccc1OCc1ccc([N+](=O)[O-])cc1. The Balaban J connectivity index is 1.40. The quantitative estimate of drug-likeness (QED) is 0.122. The fourth-order valence-corrected chi connectivity index (χ4v) is 3.94. The highest BCUT2D eigenvalue weighted by Gasteiger charge is 2.12. The number of fused-ring (bicyclic) bond motifs is 1. The number of hydrogen-bond donors (Lipinski definition) is 2. The molecule has 1 amide bonds. The molecule has 0 aliphatic carbocycles. The second-order valence-electron chi connectivity index (χ2n) is 8.39. The van der Waals surface area contributed by atoms with Crippen LogP contribution in [-0.2, 0) is 17.8 Å². The number of rotatable bonds is 11. The van der Waals surface area contributed by atoms with Crippen molar-refractivity contribution in [2.24, 2.45) is 0 Å². The fraction of sp³-hybridized carbons (Fsp3) is 0.172. The standard InChI is InChI=1S/C29H26N4O5/c1-2-37-28-16-21(9-12-27(28)38-19-20-7-10-24(11-8-20)33(35)36)15-23(17-30)29(34)31-14-13-22-18-32-26-6-4-3-5-25(22)26/h3-12,15-16,18,32H,2,13-14,19H2,1H3,(H,31,34)/b23-15-. The second kappa shape index (κ2) is 12.2. The van der Waals surface area contributed by atoms with Crippen molar-refractivity contribution in [1.29, 1.82) is 5.26 Å². The zero-order valence-corrected chi connectivity index (χ0v) is 20.8. The highest BCUT2D eigenvalue weighted by molar-refractivity contribution is 6.01. The molecule has 1 aromatic heterocycles. The zero-order valence-electron chi connectivity index (χ0n) is 20.8. The van der Waals surface area contributed by atoms with Gasteiger partial charge in [-0.1, -0.05) is 24.3 Å². The van der Waals surface area contributed by atoms with Gasteiger partial charge in [0.05, 0.1) is 11.5 Å². The number of nitrogens with one attached hydrogen (secondary N) is 2. The molecule has 0 radical (unpaired) electrons. The van der Waals surface area contributed by atoms with Gasteiger partial charge in [-0.05, 0) is 66.4 Å². The van der Waals surface area contributed by atoms with Crippen LogP contribution >= 0.6 is 0 Å². The Bertz CT molecular complexity index is 1520. The van der Waals surface area contributed by atoms with Crippen molar-refractivity contribution in [3.05, 3.63) is 105 Å². The molecule has 0 aliphatic rings. The van der Waals surface area contributed by atoms with E-state index in [0.29, 0.717) is 36.6 Å². The molecule has 0 unspecified atom stereocenters. The predicted octanol–water partition coefficient (Wildman–Crippen LogP) is 5.32. The van der Waals surface area contributed by atoms with E-state index in [1.807, 2.05) is 43.5 Å². The van der Waals surface area contributed by atoms with Gasteiger partial charge < -0.3 is 19.8 Å². The molecule has 192 valence electrons. The summed E-state index contributed by atoms with van der Waals surface area (Å²) in [5.74, 6) is 0.480. The maximum atomic E-state index is 12.7. The molecule has 0 spiro atoms. The number of ether oxygens (including phenoxy) is 2. The number of carbonyl (C=O) groups excluding carboxylic acids is 1. The molecule has 2 N–H and O–H groups in total. The summed E-state index contributed by atoms with van der Waals surface area (Å²) in [6, 6.07) is 21.2. The number of aromatic nitrogens is 1. The number of benzene rings is 3. The number of para-hydroxylation sites is 1. The van der Waals surface area contributed by atoms with Crippen LogP contribution in [0.4, 0.5) is 5.69 Å². The van der Waals surface area contributed by atoms with Crippen LogP contribution in [0.3, 0.4) is 0 Å². The van der Waals surface area contributed by atoms with Gasteiger partial charge in [0.25, 0.3) is 11.6 Å². The molecule has 38 heavy (non-hydrogen) atoms. The van der Waals surface area contributed by atoms with Crippen molar-refractivity contribution in [2.45, 2.75) is 20.0 Å². The smallest absolute Gasteiger partial charge is 0.269 e. The highest BCUT2D eigenvalue weighted by atomic mass is 16.6. The summed E-state index contributed by atoms with van der Waals surface area (Å²) in [7, 11) is 0. The van der Waals surface area contributed by atoms with Crippen molar-refractivity contribution in [2.75, 3.05) is 13.2 Å². The van der Waals surface area contributed by atoms with Crippen molar-refractivity contribution < 1.29 is 19.2 Å². The minimum absolute atomic E-state index is 0.00944. The lowest BCUT2D eigenvalue weighted by molar-refractivity contribution is -0.384. The van der Waals surface area contributed by atoms with Gasteiger partial charge in [-0.2, -0.15) is 5.26 Å². The molecule has 4 rings (SSSR count). The highest BCUT2D eigenvalue weighted by Crippen LogP contribution is 2.30. The Morgan fingerprint density at radius 3 is 2.63 bits per heavy atom. The van der Waals surface area contributed by atoms with Gasteiger partial charge in [0.15, 0.2) is 11.5 Å². The van der Waals surface area contributed by atoms with Crippen molar-refractivity contribution >= 4 is 28.6 Å². The van der Waals surface area contributed by atoms with Crippen LogP contribution in [-0.4, -0.2) is 29.0 Å². The number of amides is 1. The minimum atomic E-state index is -0.455. The average Bonchev–Trinajstić information content (AvgIpc) is 3.34. The molecule has 9 heteroatoms. The summed E-state index contributed by atoms with van der Waals surface area (Å²) in [6.45, 7) is 2.81. The monoisotopic (exact) mass is 510 g/mol. The van der Waals surface area contributed by atoms with E-state index in [0.717, 1.165) is 22.0 Å². The summed E-state index contributed by atoms with van der Waals surface area (Å²) in [4.78, 5) is 26.3. The first-order chi connectivity index (χ1) is 18.5. The maximum absolute atomic E-state index is 12.7. The summed E-state index contributed by atoms with van der Waals surface area (Å²) in [6.07, 6.45) is 4.06. The van der Waals surface area contributed by atoms with E-state index < -0.39 is 10.8 Å². The molecule has 0 saturated heterocycles. The molecule has 1 heterocycles. The second-order valence-corrected chi connectivity index (χ2v) is 8.39. The van der Waals surface area contributed by atoms with Crippen LogP contribution in [0.25, 0.3) is 17.0 Å². The van der Waals surface area contributed by atoms with E-state index in [2.05, 4.69) is 10.3 Å². The van der Waals surface area contributed by atoms with E-state index in [1.54, 1.807) is 30.3 Å². The number of nitriles is 1. The Morgan fingerprint density at radius 1 is 1.11 bits per heavy atom. The molecular formula is C29H26N4O5. The van der Waals surface area contributed by atoms with Gasteiger partial charge in [0.2, 0.25) is 0 Å². The maximum Gasteiger partial charge on any atom is 0.269 e. The fourth-order valence-electron chi connectivity index (χ4n) is 3.94. The lowest BCUT2D eigenvalue weighted by atomic mass is 10.1. The van der Waals surface area contributed by atoms with Gasteiger partial charge in [-0.25, -0.2) is 0 Å². The zero-order chi connectivity index (χ0) is 26.9. The Hall–Kier alpha value is -5.10. The van der Waals surface area contributed by atoms with Crippen LogP contribution in [0.5, 0.6) is 11.5 Å². The predicted molar refractivity (Wildman–Crippen MR) is 144 cm³/mol. The van der Waals surface area contributed by atoms with Crippen LogP contribution in [0.2, 0.25) is 0 Å². The summed E-state index contributed by atoms with van der Waals surface area (Å²) in [5.41, 5.74) is 3.49. The van der Waals surface area contributed by atoms with Gasteiger partial charge in [0.1, 0.15) is 18.2 Å². The van der Waals surface area contributed by atoms with Gasteiger partial charge in [0, 0.05) is 35.8 Å². The lowest BCUT2D eigenvalue weighted by Gasteiger charge is -2.13. The van der Waals surface area contributed by atoms with Gasteiger partial charge in [-0.15, -0.1) is 0 Å². The minimum Gasteiger partial charge on any atom is -0.490 e. The lowest BCUT2D eigenvalue weighted by Crippen LogP contribution is -2.26. The van der Waals surface area contributed by atoms with Crippen LogP contribution in [0.1, 0.15) is 23.6 Å². The Morgan fingerprint density at radius 2 is 1.89 bits per heavy atom. The first-order valence-electron chi connectivity index (χ1n) is 12.1. The molecular weight excluding hydrogens is 484 g/mol. The number of aromatic amines is 1. The number of carbonyl (C=O) groups is 1. The number of non-ortho nitro benzene ring substituents is 1. The molecule has 0 aliphatic heterocycles. The Labute approximate surface area is 219 Å². The molecule has 0 atom stereocenters. The number of H-pyrrole nitrogens is 1. The largest absolute Gasteiger partial charge is 0.490 e. The van der Waals surface area contributed by atoms with E-state index in [-0.39, 0.29) is 17.9 Å². The molecule has 9 nitrogen and oxygen atoms in total. The van der Waals surface area contributed by atoms with Crippen molar-refractivity contribution in [1.82, 2.24) is 10.3 Å². The summed E-state index contributed by atoms with van der Waals surface area (Å²) >= 11 is 0. The van der Waals surface area contributed by atoms with E-state index in [4.69, 9.17) is 9.47 Å². The third kappa shape index (κ3) is 6.36. The number of hydrogen-bond acceptors (Lipinski definition) is 6. The first-order valence-corrected chi connectivity index (χ1v) is 12.1. The van der Waals surface area contributed by atoms with E-state index in [9.17, 15) is 20.2 Å². The number of nitrogens with zero attached hydrogens (tertiary/aromatic N) is 2. The molecule has 0 saturated carbocycles. The van der Waals surface area contributed by atoms with E-state index >= 15 is 0 Å². The molecule has 0 bridgehead atoms. The van der Waals surface area contributed by atoms with Gasteiger partial charge in [-0.3, -0.25) is 14.9 Å². The summed E-state index contributed by atoms with van der Waals surface area (Å²) < 4.78 is 11.6. The first kappa shape index (κ1) is 26.0. The normalized spacial score (nSPS) is 11.1. The average molecular weight is 511 g/mol. The third-order valence-electron chi connectivity index (χ3n) is 5.84. The van der Waals surface area contributed by atoms with Crippen LogP contribution in [0, 0.1) is 21.4 Å². The summed E-state index contributed by atoms with van der Waals surface area (Å²) in [5, 5.41) is 24.3. The third-order valence-corrected chi connectivity index (χ3v) is 5.84. The molecule has 3 aromatic carbocycles. The van der Waals surface area contributed by atoms with Crippen molar-refractivity contribution in [3.8, 4) is 17.6 Å². The van der Waals surface area contributed by atoms with Crippen LogP contribution in [0.15, 0.2) is 78.5 Å². The van der Waals surface area contributed by atoms with E-state index in [1.165, 1.54) is 18.2 Å². The van der Waals surface area contributed by atoms with Gasteiger partial charge >= 0.3 is 0 Å². The molecule has 4 aromatic rings. The van der Waals surface area contributed by atoms with Crippen LogP contribution < -0.4 is 14.8 Å². The Kier molecular flexibility index (Phi) is 8.36. The molecule has 0 fully saturated rings. The topological polar surface area (TPSA) is 130 Å².